The molecule has 8 nitrogen and oxygen atoms in total. The van der Waals surface area contributed by atoms with Crippen molar-refractivity contribution in [1.82, 2.24) is 15.7 Å². The lowest BCUT2D eigenvalue weighted by atomic mass is 10.4. The number of nitrogens with zero attached hydrogens (tertiary/aromatic N) is 3. The number of anilines is 1. The quantitative estimate of drug-likeness (QED) is 0.288. The molecule has 5 N–H and O–H groups in total. The first-order valence-corrected chi connectivity index (χ1v) is 3.29. The number of amides is 1. The minimum atomic E-state index is -0.349. The van der Waals surface area contributed by atoms with E-state index in [-0.39, 0.29) is 23.3 Å². The van der Waals surface area contributed by atoms with Crippen LogP contribution in [0.3, 0.4) is 0 Å². The van der Waals surface area contributed by atoms with Crippen LogP contribution in [0.15, 0.2) is 9.73 Å². The van der Waals surface area contributed by atoms with Crippen LogP contribution >= 0.6 is 0 Å². The summed E-state index contributed by atoms with van der Waals surface area (Å²) in [4.78, 5) is 10.4. The van der Waals surface area contributed by atoms with Crippen LogP contribution in [-0.4, -0.2) is 22.1 Å². The molecule has 0 aliphatic heterocycles. The van der Waals surface area contributed by atoms with E-state index in [1.165, 1.54) is 6.92 Å². The molecule has 0 unspecified atom stereocenters. The van der Waals surface area contributed by atoms with Gasteiger partial charge in [0.1, 0.15) is 0 Å². The molecule has 1 heterocycles. The second-order valence-electron chi connectivity index (χ2n) is 2.16. The summed E-state index contributed by atoms with van der Waals surface area (Å²) in [5.41, 5.74) is 12.9. The number of rotatable bonds is 2. The second-order valence-corrected chi connectivity index (χ2v) is 2.16. The Morgan fingerprint density at radius 2 is 2.31 bits per heavy atom. The van der Waals surface area contributed by atoms with Crippen molar-refractivity contribution in [2.45, 2.75) is 6.92 Å². The van der Waals surface area contributed by atoms with Crippen LogP contribution in [0.1, 0.15) is 12.6 Å². The number of hydrogen-bond acceptors (Lipinski definition) is 6. The van der Waals surface area contributed by atoms with Gasteiger partial charge in [0, 0.05) is 6.92 Å². The van der Waals surface area contributed by atoms with Gasteiger partial charge in [-0.1, -0.05) is 0 Å². The number of carbonyl (C=O) groups is 1. The maximum Gasteiger partial charge on any atom is 0.237 e. The van der Waals surface area contributed by atoms with Gasteiger partial charge in [-0.05, 0) is 10.3 Å². The van der Waals surface area contributed by atoms with Gasteiger partial charge in [-0.15, -0.1) is 0 Å². The maximum absolute atomic E-state index is 10.4. The summed E-state index contributed by atoms with van der Waals surface area (Å²) in [6, 6.07) is 0. The Labute approximate surface area is 72.9 Å². The number of nitrogen functional groups attached to an aromatic ring is 1. The van der Waals surface area contributed by atoms with Gasteiger partial charge in [0.25, 0.3) is 0 Å². The van der Waals surface area contributed by atoms with Crippen LogP contribution in [-0.2, 0) is 4.79 Å². The number of nitrogens with two attached hydrogens (primary N) is 2. The highest BCUT2D eigenvalue weighted by atomic mass is 16.6. The van der Waals surface area contributed by atoms with Gasteiger partial charge in [-0.3, -0.25) is 4.79 Å². The van der Waals surface area contributed by atoms with Crippen LogP contribution in [0, 0.1) is 0 Å². The van der Waals surface area contributed by atoms with Gasteiger partial charge in [0.05, 0.1) is 0 Å². The third-order valence-electron chi connectivity index (χ3n) is 1.09. The van der Waals surface area contributed by atoms with E-state index in [1.807, 2.05) is 0 Å². The predicted octanol–water partition coefficient (Wildman–Crippen LogP) is -1.59. The van der Waals surface area contributed by atoms with E-state index in [9.17, 15) is 4.79 Å². The molecule has 70 valence electrons. The van der Waals surface area contributed by atoms with E-state index >= 15 is 0 Å². The Balaban J connectivity index is 2.78. The zero-order valence-corrected chi connectivity index (χ0v) is 6.81. The minimum absolute atomic E-state index is 0.0200. The molecule has 0 spiro atoms. The predicted molar refractivity (Wildman–Crippen MR) is 43.3 cm³/mol. The molecule has 0 atom stereocenters. The van der Waals surface area contributed by atoms with E-state index in [0.29, 0.717) is 0 Å². The van der Waals surface area contributed by atoms with Crippen molar-refractivity contribution in [3.8, 4) is 0 Å². The number of carbonyl (C=O) groups excluding carboxylic acids is 1. The summed E-state index contributed by atoms with van der Waals surface area (Å²) in [6.45, 7) is 1.29. The number of hydrogen-bond donors (Lipinski definition) is 3. The fraction of sp³-hybridized carbons (Fsp3) is 0.200. The molecule has 0 radical (unpaired) electrons. The van der Waals surface area contributed by atoms with Gasteiger partial charge in [0.2, 0.25) is 5.91 Å². The summed E-state index contributed by atoms with van der Waals surface area (Å²) in [7, 11) is 0. The average Bonchev–Trinajstić information content (AvgIpc) is 2.47. The standard InChI is InChI=1S/C5H8N6O2/c1-2(12)8-9-4(6)3-5(7)11-13-10-3/h1H3,(H2,6,9)(H2,7,11)(H,8,12). The first-order valence-electron chi connectivity index (χ1n) is 3.29. The summed E-state index contributed by atoms with van der Waals surface area (Å²) >= 11 is 0. The van der Waals surface area contributed by atoms with Crippen LogP contribution in [0.25, 0.3) is 0 Å². The molecule has 1 aromatic rings. The normalized spacial score (nSPS) is 11.3. The molecular formula is C5H8N6O2. The van der Waals surface area contributed by atoms with Crippen LogP contribution in [0.2, 0.25) is 0 Å². The third-order valence-corrected chi connectivity index (χ3v) is 1.09. The Kier molecular flexibility index (Phi) is 2.43. The lowest BCUT2D eigenvalue weighted by Crippen LogP contribution is -2.22. The summed E-state index contributed by atoms with van der Waals surface area (Å²) in [6.07, 6.45) is 0. The number of nitrogens with one attached hydrogen (secondary N) is 1. The topological polar surface area (TPSA) is 132 Å². The highest BCUT2D eigenvalue weighted by Gasteiger charge is 2.10. The molecule has 1 rings (SSSR count). The van der Waals surface area contributed by atoms with E-state index in [4.69, 9.17) is 11.5 Å². The number of hydrazone groups is 1. The maximum atomic E-state index is 10.4. The van der Waals surface area contributed by atoms with Gasteiger partial charge >= 0.3 is 0 Å². The van der Waals surface area contributed by atoms with Crippen molar-refractivity contribution in [2.75, 3.05) is 5.73 Å². The molecule has 0 aromatic carbocycles. The van der Waals surface area contributed by atoms with E-state index < -0.39 is 0 Å². The Morgan fingerprint density at radius 3 is 2.77 bits per heavy atom. The van der Waals surface area contributed by atoms with Crippen molar-refractivity contribution in [1.29, 1.82) is 0 Å². The van der Waals surface area contributed by atoms with Crippen molar-refractivity contribution in [3.63, 3.8) is 0 Å². The zero-order valence-electron chi connectivity index (χ0n) is 6.81. The molecule has 8 heteroatoms. The molecule has 0 bridgehead atoms. The van der Waals surface area contributed by atoms with Crippen molar-refractivity contribution < 1.29 is 9.42 Å². The van der Waals surface area contributed by atoms with Crippen molar-refractivity contribution >= 4 is 17.6 Å². The number of amidine groups is 1. The van der Waals surface area contributed by atoms with Crippen LogP contribution in [0.4, 0.5) is 5.82 Å². The van der Waals surface area contributed by atoms with E-state index in [2.05, 4.69) is 25.5 Å². The van der Waals surface area contributed by atoms with Crippen molar-refractivity contribution in [3.05, 3.63) is 5.69 Å². The second kappa shape index (κ2) is 3.52. The highest BCUT2D eigenvalue weighted by Crippen LogP contribution is 2.01. The first kappa shape index (κ1) is 8.97. The Hall–Kier alpha value is -2.12. The number of aromatic nitrogens is 2. The SMILES string of the molecule is CC(=O)N/N=C(/N)c1nonc1N. The van der Waals surface area contributed by atoms with E-state index in [1.54, 1.807) is 0 Å². The molecular weight excluding hydrogens is 176 g/mol. The highest BCUT2D eigenvalue weighted by molar-refractivity contribution is 5.99. The summed E-state index contributed by atoms with van der Waals surface area (Å²) in [5.74, 6) is -0.390. The Morgan fingerprint density at radius 1 is 1.62 bits per heavy atom. The molecule has 0 fully saturated rings. The molecule has 13 heavy (non-hydrogen) atoms. The minimum Gasteiger partial charge on any atom is -0.380 e. The largest absolute Gasteiger partial charge is 0.380 e. The molecule has 0 saturated heterocycles. The van der Waals surface area contributed by atoms with Gasteiger partial charge in [0.15, 0.2) is 17.3 Å². The smallest absolute Gasteiger partial charge is 0.237 e. The van der Waals surface area contributed by atoms with Gasteiger partial charge in [-0.2, -0.15) is 5.10 Å². The summed E-state index contributed by atoms with van der Waals surface area (Å²) in [5, 5.41) is 10.1. The lowest BCUT2D eigenvalue weighted by Gasteiger charge is -1.94. The van der Waals surface area contributed by atoms with Crippen LogP contribution in [0.5, 0.6) is 0 Å². The summed E-state index contributed by atoms with van der Waals surface area (Å²) < 4.78 is 4.27. The lowest BCUT2D eigenvalue weighted by molar-refractivity contribution is -0.118. The first-order chi connectivity index (χ1) is 6.11. The average molecular weight is 184 g/mol. The molecule has 1 amide bonds. The molecule has 1 aromatic heterocycles. The Bertz CT molecular complexity index is 343. The monoisotopic (exact) mass is 184 g/mol. The molecule has 0 aliphatic carbocycles. The molecule has 0 saturated carbocycles. The van der Waals surface area contributed by atoms with E-state index in [0.717, 1.165) is 0 Å². The van der Waals surface area contributed by atoms with Gasteiger partial charge < -0.3 is 11.5 Å². The van der Waals surface area contributed by atoms with Crippen molar-refractivity contribution in [2.24, 2.45) is 10.8 Å². The fourth-order valence-corrected chi connectivity index (χ4v) is 0.565. The third kappa shape index (κ3) is 2.15. The zero-order chi connectivity index (χ0) is 9.84. The van der Waals surface area contributed by atoms with Crippen LogP contribution < -0.4 is 16.9 Å². The fourth-order valence-electron chi connectivity index (χ4n) is 0.565. The van der Waals surface area contributed by atoms with Gasteiger partial charge in [-0.25, -0.2) is 10.1 Å². The molecule has 0 aliphatic rings.